The molecule has 0 unspecified atom stereocenters. The fourth-order valence-electron chi connectivity index (χ4n) is 5.56. The molecule has 3 aromatic rings. The molecule has 0 bridgehead atoms. The Hall–Kier alpha value is -4.32. The van der Waals surface area contributed by atoms with Gasteiger partial charge in [0.05, 0.1) is 17.1 Å². The normalized spacial score (nSPS) is 21.1. The summed E-state index contributed by atoms with van der Waals surface area (Å²) in [5.74, 6) is -4.89. The molecular weight excluding hydrogens is 561 g/mol. The lowest BCUT2D eigenvalue weighted by atomic mass is 9.69. The van der Waals surface area contributed by atoms with Gasteiger partial charge < -0.3 is 4.74 Å². The summed E-state index contributed by atoms with van der Waals surface area (Å²) >= 11 is 1.31. The van der Waals surface area contributed by atoms with Crippen LogP contribution in [-0.2, 0) is 25.3 Å². The zero-order chi connectivity index (χ0) is 29.5. The highest BCUT2D eigenvalue weighted by Gasteiger charge is 2.50. The van der Waals surface area contributed by atoms with E-state index in [0.29, 0.717) is 10.4 Å². The van der Waals surface area contributed by atoms with E-state index in [0.717, 1.165) is 17.0 Å². The third-order valence-electron chi connectivity index (χ3n) is 7.29. The van der Waals surface area contributed by atoms with Crippen molar-refractivity contribution in [2.24, 2.45) is 5.92 Å². The Kier molecular flexibility index (Phi) is 7.52. The lowest BCUT2D eigenvalue weighted by Gasteiger charge is -2.42. The van der Waals surface area contributed by atoms with Crippen molar-refractivity contribution in [3.05, 3.63) is 103 Å². The maximum atomic E-state index is 14.3. The molecule has 2 heterocycles. The molecule has 2 aliphatic rings. The largest absolute Gasteiger partial charge is 0.465 e. The van der Waals surface area contributed by atoms with E-state index in [9.17, 15) is 37.7 Å². The van der Waals surface area contributed by atoms with Gasteiger partial charge in [-0.3, -0.25) is 29.4 Å². The molecule has 3 atom stereocenters. The molecule has 5 rings (SSSR count). The number of allylic oxidation sites excluding steroid dienone is 2. The molecule has 0 N–H and O–H groups in total. The first kappa shape index (κ1) is 28.2. The lowest BCUT2D eigenvalue weighted by molar-refractivity contribution is -0.384. The van der Waals surface area contributed by atoms with E-state index in [2.05, 4.69) is 0 Å². The molecule has 1 aliphatic carbocycles. The van der Waals surface area contributed by atoms with E-state index in [1.54, 1.807) is 30.5 Å². The molecule has 41 heavy (non-hydrogen) atoms. The van der Waals surface area contributed by atoms with Crippen LogP contribution in [0.2, 0.25) is 0 Å². The molecule has 0 spiro atoms. The Labute approximate surface area is 236 Å². The summed E-state index contributed by atoms with van der Waals surface area (Å²) in [6.45, 7) is 1.63. The van der Waals surface area contributed by atoms with Gasteiger partial charge in [-0.2, -0.15) is 13.2 Å². The zero-order valence-electron chi connectivity index (χ0n) is 21.6. The second-order valence-electron chi connectivity index (χ2n) is 9.67. The second kappa shape index (κ2) is 10.9. The van der Waals surface area contributed by atoms with E-state index in [1.165, 1.54) is 41.7 Å². The van der Waals surface area contributed by atoms with Crippen LogP contribution in [0.15, 0.2) is 77.3 Å². The van der Waals surface area contributed by atoms with Crippen molar-refractivity contribution in [3.8, 4) is 0 Å². The Morgan fingerprint density at radius 2 is 1.85 bits per heavy atom. The van der Waals surface area contributed by atoms with Crippen molar-refractivity contribution in [2.45, 2.75) is 37.8 Å². The second-order valence-corrected chi connectivity index (χ2v) is 10.6. The molecular formula is C29H23F3N2O6S. The number of esters is 1. The number of thiophene rings is 1. The number of ether oxygens (including phenoxy) is 1. The summed E-state index contributed by atoms with van der Waals surface area (Å²) in [4.78, 5) is 53.9. The van der Waals surface area contributed by atoms with Gasteiger partial charge in [0.1, 0.15) is 5.92 Å². The summed E-state index contributed by atoms with van der Waals surface area (Å²) in [6, 6.07) is 13.3. The number of nitro benzene ring substituents is 1. The van der Waals surface area contributed by atoms with Crippen molar-refractivity contribution in [1.29, 1.82) is 0 Å². The van der Waals surface area contributed by atoms with Crippen LogP contribution >= 0.6 is 11.3 Å². The summed E-state index contributed by atoms with van der Waals surface area (Å²) in [5, 5.41) is 13.3. The average Bonchev–Trinajstić information content (AvgIpc) is 3.47. The Morgan fingerprint density at radius 3 is 2.51 bits per heavy atom. The van der Waals surface area contributed by atoms with Gasteiger partial charge in [0.15, 0.2) is 5.78 Å². The van der Waals surface area contributed by atoms with Crippen LogP contribution in [0.3, 0.4) is 0 Å². The van der Waals surface area contributed by atoms with Crippen LogP contribution in [0.4, 0.5) is 24.5 Å². The number of nitrogens with zero attached hydrogens (tertiary/aromatic N) is 2. The molecule has 1 amide bonds. The highest BCUT2D eigenvalue weighted by atomic mass is 32.1. The molecule has 1 aliphatic heterocycles. The van der Waals surface area contributed by atoms with Crippen LogP contribution in [0.1, 0.15) is 47.6 Å². The number of hydrogen-bond donors (Lipinski definition) is 0. The van der Waals surface area contributed by atoms with Crippen LogP contribution in [0, 0.1) is 16.0 Å². The van der Waals surface area contributed by atoms with Gasteiger partial charge in [-0.25, -0.2) is 0 Å². The van der Waals surface area contributed by atoms with Gasteiger partial charge >= 0.3 is 12.1 Å². The van der Waals surface area contributed by atoms with Crippen LogP contribution in [-0.4, -0.2) is 29.2 Å². The zero-order valence-corrected chi connectivity index (χ0v) is 22.4. The standard InChI is InChI=1S/C29H23F3N2O6S/c1-2-40-28(37)26-21(23-10-5-11-41-23)14-22-25(27(26)36)20(16-6-3-9-19(12-16)34(38)39)15-24(35)33(22)18-8-4-7-17(13-18)29(30,31)32/h3-13,20-21,26H,2,14-15H2,1H3/t20-,21+,26-/m0/s1. The van der Waals surface area contributed by atoms with Crippen LogP contribution in [0.25, 0.3) is 0 Å². The van der Waals surface area contributed by atoms with Gasteiger partial charge in [-0.15, -0.1) is 11.3 Å². The van der Waals surface area contributed by atoms with Crippen LogP contribution in [0.5, 0.6) is 0 Å². The molecule has 0 saturated carbocycles. The number of halogens is 3. The molecule has 2 aromatic carbocycles. The number of carbonyl (C=O) groups excluding carboxylic acids is 3. The maximum absolute atomic E-state index is 14.3. The first-order chi connectivity index (χ1) is 19.5. The number of non-ortho nitro benzene ring substituents is 1. The number of anilines is 1. The number of nitro groups is 1. The van der Waals surface area contributed by atoms with Gasteiger partial charge in [0.2, 0.25) is 5.91 Å². The number of alkyl halides is 3. The van der Waals surface area contributed by atoms with Gasteiger partial charge in [-0.05, 0) is 48.6 Å². The van der Waals surface area contributed by atoms with E-state index in [1.807, 2.05) is 0 Å². The summed E-state index contributed by atoms with van der Waals surface area (Å²) in [5.41, 5.74) is -0.739. The van der Waals surface area contributed by atoms with Crippen molar-refractivity contribution in [3.63, 3.8) is 0 Å². The van der Waals surface area contributed by atoms with Gasteiger partial charge in [-0.1, -0.05) is 24.3 Å². The minimum atomic E-state index is -4.67. The molecule has 0 fully saturated rings. The summed E-state index contributed by atoms with van der Waals surface area (Å²) < 4.78 is 46.1. The highest BCUT2D eigenvalue weighted by Crippen LogP contribution is 2.50. The van der Waals surface area contributed by atoms with E-state index in [-0.39, 0.29) is 42.1 Å². The number of benzene rings is 2. The predicted octanol–water partition coefficient (Wildman–Crippen LogP) is 6.39. The number of ketones is 1. The predicted molar refractivity (Wildman–Crippen MR) is 143 cm³/mol. The van der Waals surface area contributed by atoms with Gasteiger partial charge in [0.25, 0.3) is 5.69 Å². The first-order valence-electron chi connectivity index (χ1n) is 12.7. The van der Waals surface area contributed by atoms with Crippen molar-refractivity contribution < 1.29 is 37.2 Å². The monoisotopic (exact) mass is 584 g/mol. The minimum Gasteiger partial charge on any atom is -0.465 e. The van der Waals surface area contributed by atoms with Crippen molar-refractivity contribution in [2.75, 3.05) is 11.5 Å². The summed E-state index contributed by atoms with van der Waals surface area (Å²) in [6.07, 6.45) is -5.03. The Morgan fingerprint density at radius 1 is 1.10 bits per heavy atom. The smallest absolute Gasteiger partial charge is 0.416 e. The number of amides is 1. The first-order valence-corrected chi connectivity index (χ1v) is 13.6. The Balaban J connectivity index is 1.74. The number of carbonyl (C=O) groups is 3. The van der Waals surface area contributed by atoms with E-state index in [4.69, 9.17) is 4.74 Å². The highest BCUT2D eigenvalue weighted by molar-refractivity contribution is 7.10. The van der Waals surface area contributed by atoms with E-state index < -0.39 is 52.1 Å². The molecule has 12 heteroatoms. The third-order valence-corrected chi connectivity index (χ3v) is 8.29. The lowest BCUT2D eigenvalue weighted by Crippen LogP contribution is -2.46. The minimum absolute atomic E-state index is 0.0154. The van der Waals surface area contributed by atoms with Crippen molar-refractivity contribution in [1.82, 2.24) is 0 Å². The molecule has 1 aromatic heterocycles. The van der Waals surface area contributed by atoms with Gasteiger partial charge in [0, 0.05) is 52.2 Å². The van der Waals surface area contributed by atoms with E-state index >= 15 is 0 Å². The maximum Gasteiger partial charge on any atom is 0.416 e. The molecule has 212 valence electrons. The Bertz CT molecular complexity index is 1570. The molecule has 0 saturated heterocycles. The van der Waals surface area contributed by atoms with Crippen molar-refractivity contribution >= 4 is 40.4 Å². The fraction of sp³-hybridized carbons (Fsp3) is 0.276. The third kappa shape index (κ3) is 5.26. The molecule has 0 radical (unpaired) electrons. The fourth-order valence-corrected chi connectivity index (χ4v) is 6.43. The number of hydrogen-bond acceptors (Lipinski definition) is 7. The quantitative estimate of drug-likeness (QED) is 0.144. The SMILES string of the molecule is CCOC(=O)[C@@H]1C(=O)C2=C(C[C@@H]1c1cccs1)N(c1cccc(C(F)(F)F)c1)C(=O)C[C@H]2c1cccc([N+](=O)[O-])c1. The topological polar surface area (TPSA) is 107 Å². The van der Waals surface area contributed by atoms with Crippen LogP contribution < -0.4 is 4.90 Å². The average molecular weight is 585 g/mol. The summed E-state index contributed by atoms with van der Waals surface area (Å²) in [7, 11) is 0. The number of Topliss-reactive ketones (excluding diaryl/α,β-unsaturated/α-hetero) is 1. The molecule has 8 nitrogen and oxygen atoms in total. The number of rotatable bonds is 6.